The first-order chi connectivity index (χ1) is 15.1. The second kappa shape index (κ2) is 6.44. The summed E-state index contributed by atoms with van der Waals surface area (Å²) in [6.07, 6.45) is 0. The lowest BCUT2D eigenvalue weighted by Gasteiger charge is -2.25. The molecule has 5 heteroatoms. The van der Waals surface area contributed by atoms with Crippen LogP contribution in [0, 0.1) is 6.92 Å². The minimum absolute atomic E-state index is 0.0267. The maximum atomic E-state index is 13.6. The first kappa shape index (κ1) is 17.7. The standard InChI is InChI=1S/C26H19N3O2/c1-15-11-13-16(14-12-15)20-21-23(18-9-5-6-10-19(18)24(21)30)27-25-22(20)26(31)29(28-25)17-7-3-2-4-8-17/h2-14,20,27-28H,1H3/t20-/m0/s1. The van der Waals surface area contributed by atoms with Gasteiger partial charge in [0.25, 0.3) is 5.56 Å². The van der Waals surface area contributed by atoms with E-state index in [0.717, 1.165) is 28.1 Å². The van der Waals surface area contributed by atoms with Crippen molar-refractivity contribution in [2.45, 2.75) is 12.8 Å². The zero-order chi connectivity index (χ0) is 21.1. The van der Waals surface area contributed by atoms with Crippen molar-refractivity contribution in [3.8, 4) is 5.69 Å². The molecule has 2 heterocycles. The van der Waals surface area contributed by atoms with Crippen molar-refractivity contribution in [2.24, 2.45) is 0 Å². The molecule has 0 saturated carbocycles. The molecular formula is C26H19N3O2. The van der Waals surface area contributed by atoms with Gasteiger partial charge in [-0.25, -0.2) is 4.68 Å². The molecule has 1 aliphatic carbocycles. The number of fused-ring (bicyclic) bond motifs is 3. The van der Waals surface area contributed by atoms with Gasteiger partial charge in [0.2, 0.25) is 0 Å². The van der Waals surface area contributed by atoms with Crippen molar-refractivity contribution < 1.29 is 4.79 Å². The van der Waals surface area contributed by atoms with E-state index in [-0.39, 0.29) is 11.3 Å². The maximum absolute atomic E-state index is 13.6. The summed E-state index contributed by atoms with van der Waals surface area (Å²) < 4.78 is 1.54. The van der Waals surface area contributed by atoms with E-state index >= 15 is 0 Å². The van der Waals surface area contributed by atoms with Crippen molar-refractivity contribution in [3.05, 3.63) is 123 Å². The van der Waals surface area contributed by atoms with Gasteiger partial charge in [-0.3, -0.25) is 14.7 Å². The van der Waals surface area contributed by atoms with Crippen LogP contribution in [0.4, 0.5) is 5.82 Å². The molecule has 0 fully saturated rings. The summed E-state index contributed by atoms with van der Waals surface area (Å²) in [6.45, 7) is 2.03. The molecule has 1 aliphatic heterocycles. The minimum Gasteiger partial charge on any atom is -0.339 e. The number of allylic oxidation sites excluding steroid dienone is 1. The molecule has 6 rings (SSSR count). The molecule has 0 spiro atoms. The second-order valence-electron chi connectivity index (χ2n) is 8.01. The van der Waals surface area contributed by atoms with E-state index < -0.39 is 5.92 Å². The van der Waals surface area contributed by atoms with Gasteiger partial charge >= 0.3 is 0 Å². The second-order valence-corrected chi connectivity index (χ2v) is 8.01. The highest BCUT2D eigenvalue weighted by Crippen LogP contribution is 2.47. The number of benzene rings is 3. The number of nitrogens with one attached hydrogen (secondary N) is 2. The predicted octanol–water partition coefficient (Wildman–Crippen LogP) is 4.64. The predicted molar refractivity (Wildman–Crippen MR) is 121 cm³/mol. The molecular weight excluding hydrogens is 386 g/mol. The van der Waals surface area contributed by atoms with E-state index in [1.165, 1.54) is 4.68 Å². The van der Waals surface area contributed by atoms with Crippen LogP contribution in [0.15, 0.2) is 89.2 Å². The summed E-state index contributed by atoms with van der Waals surface area (Å²) in [7, 11) is 0. The number of aryl methyl sites for hydroxylation is 1. The Kier molecular flexibility index (Phi) is 3.68. The molecule has 4 aromatic rings. The fourth-order valence-electron chi connectivity index (χ4n) is 4.65. The van der Waals surface area contributed by atoms with E-state index in [9.17, 15) is 9.59 Å². The van der Waals surface area contributed by atoms with Crippen LogP contribution in [0.3, 0.4) is 0 Å². The number of rotatable bonds is 2. The van der Waals surface area contributed by atoms with Crippen molar-refractivity contribution in [3.63, 3.8) is 0 Å². The Morgan fingerprint density at radius 1 is 0.806 bits per heavy atom. The zero-order valence-corrected chi connectivity index (χ0v) is 16.8. The Hall–Kier alpha value is -4.12. The monoisotopic (exact) mass is 405 g/mol. The van der Waals surface area contributed by atoms with Crippen LogP contribution in [0.1, 0.15) is 38.5 Å². The summed E-state index contributed by atoms with van der Waals surface area (Å²) >= 11 is 0. The molecule has 1 aromatic heterocycles. The van der Waals surface area contributed by atoms with Crippen LogP contribution in [0.2, 0.25) is 0 Å². The normalized spacial score (nSPS) is 16.5. The maximum Gasteiger partial charge on any atom is 0.277 e. The molecule has 0 saturated heterocycles. The highest BCUT2D eigenvalue weighted by Gasteiger charge is 2.42. The van der Waals surface area contributed by atoms with Crippen molar-refractivity contribution >= 4 is 17.3 Å². The number of carbonyl (C=O) groups is 1. The molecule has 0 amide bonds. The number of anilines is 1. The Labute approximate surface area is 178 Å². The largest absolute Gasteiger partial charge is 0.339 e. The summed E-state index contributed by atoms with van der Waals surface area (Å²) in [5.74, 6) is 0.157. The van der Waals surface area contributed by atoms with Crippen LogP contribution in [0.5, 0.6) is 0 Å². The molecule has 5 nitrogen and oxygen atoms in total. The van der Waals surface area contributed by atoms with Gasteiger partial charge in [0, 0.05) is 22.6 Å². The molecule has 0 radical (unpaired) electrons. The number of aromatic amines is 1. The molecule has 0 bridgehead atoms. The molecule has 2 N–H and O–H groups in total. The van der Waals surface area contributed by atoms with Gasteiger partial charge in [-0.15, -0.1) is 0 Å². The zero-order valence-electron chi connectivity index (χ0n) is 16.8. The number of H-pyrrole nitrogens is 1. The lowest BCUT2D eigenvalue weighted by molar-refractivity contribution is 0.103. The van der Waals surface area contributed by atoms with Gasteiger partial charge < -0.3 is 5.32 Å². The lowest BCUT2D eigenvalue weighted by Crippen LogP contribution is -2.25. The SMILES string of the molecule is Cc1ccc([C@H]2C3=C(Nc4[nH]n(-c5ccccc5)c(=O)c42)c2ccccc2C3=O)cc1. The highest BCUT2D eigenvalue weighted by molar-refractivity contribution is 6.23. The third-order valence-corrected chi connectivity index (χ3v) is 6.13. The topological polar surface area (TPSA) is 66.9 Å². The molecule has 3 aromatic carbocycles. The first-order valence-electron chi connectivity index (χ1n) is 10.3. The molecule has 31 heavy (non-hydrogen) atoms. The fourth-order valence-corrected chi connectivity index (χ4v) is 4.65. The number of carbonyl (C=O) groups excluding carboxylic acids is 1. The van der Waals surface area contributed by atoms with Crippen LogP contribution >= 0.6 is 0 Å². The first-order valence-corrected chi connectivity index (χ1v) is 10.3. The van der Waals surface area contributed by atoms with Gasteiger partial charge in [0.05, 0.1) is 16.9 Å². The quantitative estimate of drug-likeness (QED) is 0.511. The van der Waals surface area contributed by atoms with Crippen LogP contribution in [-0.2, 0) is 0 Å². The number of hydrogen-bond acceptors (Lipinski definition) is 3. The Balaban J connectivity index is 1.62. The average molecular weight is 405 g/mol. The molecule has 2 aliphatic rings. The van der Waals surface area contributed by atoms with Crippen molar-refractivity contribution in [1.29, 1.82) is 0 Å². The smallest absolute Gasteiger partial charge is 0.277 e. The Morgan fingerprint density at radius 3 is 2.23 bits per heavy atom. The summed E-state index contributed by atoms with van der Waals surface area (Å²) in [4.78, 5) is 27.1. The molecule has 0 unspecified atom stereocenters. The number of para-hydroxylation sites is 1. The van der Waals surface area contributed by atoms with E-state index in [0.29, 0.717) is 22.5 Å². The highest BCUT2D eigenvalue weighted by atomic mass is 16.1. The average Bonchev–Trinajstić information content (AvgIpc) is 3.29. The van der Waals surface area contributed by atoms with Gasteiger partial charge in [-0.1, -0.05) is 72.3 Å². The van der Waals surface area contributed by atoms with E-state index in [1.54, 1.807) is 0 Å². The number of hydrogen-bond donors (Lipinski definition) is 2. The van der Waals surface area contributed by atoms with E-state index in [4.69, 9.17) is 0 Å². The van der Waals surface area contributed by atoms with Crippen LogP contribution in [0.25, 0.3) is 11.4 Å². The van der Waals surface area contributed by atoms with Crippen molar-refractivity contribution in [1.82, 2.24) is 9.78 Å². The minimum atomic E-state index is -0.444. The van der Waals surface area contributed by atoms with E-state index in [2.05, 4.69) is 10.4 Å². The van der Waals surface area contributed by atoms with Crippen molar-refractivity contribution in [2.75, 3.05) is 5.32 Å². The molecule has 150 valence electrons. The van der Waals surface area contributed by atoms with E-state index in [1.807, 2.05) is 85.8 Å². The number of ketones is 1. The van der Waals surface area contributed by atoms with Gasteiger partial charge in [0.1, 0.15) is 5.82 Å². The number of Topliss-reactive ketones (excluding diaryl/α,β-unsaturated/α-hetero) is 1. The number of aromatic nitrogens is 2. The van der Waals surface area contributed by atoms with Gasteiger partial charge in [0.15, 0.2) is 5.78 Å². The summed E-state index contributed by atoms with van der Waals surface area (Å²) in [5.41, 5.74) is 6.17. The fraction of sp³-hybridized carbons (Fsp3) is 0.0769. The summed E-state index contributed by atoms with van der Waals surface area (Å²) in [5, 5.41) is 6.61. The van der Waals surface area contributed by atoms with Crippen LogP contribution in [-0.4, -0.2) is 15.6 Å². The van der Waals surface area contributed by atoms with Gasteiger partial charge in [-0.2, -0.15) is 0 Å². The van der Waals surface area contributed by atoms with Gasteiger partial charge in [-0.05, 0) is 24.6 Å². The Bertz CT molecular complexity index is 1440. The summed E-state index contributed by atoms with van der Waals surface area (Å²) in [6, 6.07) is 25.1. The number of nitrogens with zero attached hydrogens (tertiary/aromatic N) is 1. The lowest BCUT2D eigenvalue weighted by atomic mass is 9.82. The third-order valence-electron chi connectivity index (χ3n) is 6.13. The Morgan fingerprint density at radius 2 is 1.48 bits per heavy atom. The van der Waals surface area contributed by atoms with Crippen LogP contribution < -0.4 is 10.9 Å². The third kappa shape index (κ3) is 2.50. The molecule has 1 atom stereocenters.